The largest absolute Gasteiger partial charge is 0.483 e. The van der Waals surface area contributed by atoms with E-state index in [0.29, 0.717) is 28.1 Å². The van der Waals surface area contributed by atoms with Gasteiger partial charge >= 0.3 is 5.97 Å². The molecule has 1 unspecified atom stereocenters. The van der Waals surface area contributed by atoms with Crippen molar-refractivity contribution in [3.05, 3.63) is 89.1 Å². The van der Waals surface area contributed by atoms with Gasteiger partial charge in [-0.2, -0.15) is 0 Å². The predicted molar refractivity (Wildman–Crippen MR) is 160 cm³/mol. The van der Waals surface area contributed by atoms with Crippen LogP contribution in [0.1, 0.15) is 47.3 Å². The highest BCUT2D eigenvalue weighted by Crippen LogP contribution is 2.36. The molecule has 2 aromatic heterocycles. The van der Waals surface area contributed by atoms with Crippen LogP contribution in [0.25, 0.3) is 11.1 Å². The van der Waals surface area contributed by atoms with Crippen LogP contribution in [0.3, 0.4) is 0 Å². The maximum absolute atomic E-state index is 13.0. The topological polar surface area (TPSA) is 95.3 Å². The van der Waals surface area contributed by atoms with E-state index >= 15 is 0 Å². The molecular weight excluding hydrogens is 544 g/mol. The lowest BCUT2D eigenvalue weighted by molar-refractivity contribution is -0.113. The molecule has 0 radical (unpaired) electrons. The second-order valence-corrected chi connectivity index (χ2v) is 10.9. The van der Waals surface area contributed by atoms with Gasteiger partial charge in [-0.05, 0) is 56.5 Å². The van der Waals surface area contributed by atoms with Crippen LogP contribution in [0, 0.1) is 13.8 Å². The predicted octanol–water partition coefficient (Wildman–Crippen LogP) is 6.86. The van der Waals surface area contributed by atoms with E-state index < -0.39 is 5.97 Å². The Morgan fingerprint density at radius 2 is 1.88 bits per heavy atom. The Labute approximate surface area is 242 Å². The first kappa shape index (κ1) is 29.1. The highest BCUT2D eigenvalue weighted by molar-refractivity contribution is 7.99. The molecule has 0 saturated carbocycles. The number of ether oxygens (including phenoxy) is 2. The van der Waals surface area contributed by atoms with Crippen LogP contribution >= 0.6 is 23.1 Å². The maximum atomic E-state index is 13.0. The fourth-order valence-corrected chi connectivity index (χ4v) is 5.97. The van der Waals surface area contributed by atoms with Crippen molar-refractivity contribution in [1.82, 2.24) is 14.8 Å². The zero-order valence-electron chi connectivity index (χ0n) is 23.0. The number of thioether (sulfide) groups is 1. The van der Waals surface area contributed by atoms with Crippen molar-refractivity contribution in [3.8, 4) is 16.9 Å². The SMILES string of the molecule is C=CCn1c(SCC(=O)Nc2scc(-c3ccccc3)c2C(=O)OCC)nnc1C(C)Oc1cc(C)cc(C)c1. The Morgan fingerprint density at radius 3 is 2.55 bits per heavy atom. The lowest BCUT2D eigenvalue weighted by Gasteiger charge is -2.16. The second-order valence-electron chi connectivity index (χ2n) is 9.10. The quantitative estimate of drug-likeness (QED) is 0.112. The number of hydrogen-bond donors (Lipinski definition) is 1. The van der Waals surface area contributed by atoms with Gasteiger partial charge in [0.15, 0.2) is 17.1 Å². The number of aromatic nitrogens is 3. The summed E-state index contributed by atoms with van der Waals surface area (Å²) in [6.45, 7) is 12.3. The van der Waals surface area contributed by atoms with Crippen LogP contribution in [0.2, 0.25) is 0 Å². The van der Waals surface area contributed by atoms with Crippen molar-refractivity contribution in [3.63, 3.8) is 0 Å². The minimum atomic E-state index is -0.473. The van der Waals surface area contributed by atoms with E-state index in [1.807, 2.05) is 73.2 Å². The Bertz CT molecular complexity index is 1480. The van der Waals surface area contributed by atoms with Crippen LogP contribution in [-0.2, 0) is 16.1 Å². The molecule has 2 heterocycles. The molecule has 0 bridgehead atoms. The number of esters is 1. The third-order valence-electron chi connectivity index (χ3n) is 5.87. The highest BCUT2D eigenvalue weighted by atomic mass is 32.2. The smallest absolute Gasteiger partial charge is 0.341 e. The lowest BCUT2D eigenvalue weighted by Crippen LogP contribution is -2.17. The minimum Gasteiger partial charge on any atom is -0.483 e. The molecule has 4 aromatic rings. The third kappa shape index (κ3) is 7.00. The normalized spacial score (nSPS) is 11.6. The molecule has 0 fully saturated rings. The number of allylic oxidation sites excluding steroid dienone is 1. The van der Waals surface area contributed by atoms with E-state index in [9.17, 15) is 9.59 Å². The fourth-order valence-electron chi connectivity index (χ4n) is 4.24. The first-order valence-corrected chi connectivity index (χ1v) is 14.7. The van der Waals surface area contributed by atoms with E-state index in [2.05, 4.69) is 28.2 Å². The molecule has 0 aliphatic carbocycles. The van der Waals surface area contributed by atoms with Crippen LogP contribution in [-0.4, -0.2) is 39.0 Å². The van der Waals surface area contributed by atoms with Crippen molar-refractivity contribution >= 4 is 40.0 Å². The summed E-state index contributed by atoms with van der Waals surface area (Å²) in [5.41, 5.74) is 4.18. The van der Waals surface area contributed by atoms with Gasteiger partial charge in [0.05, 0.1) is 12.4 Å². The molecule has 1 N–H and O–H groups in total. The van der Waals surface area contributed by atoms with Crippen LogP contribution < -0.4 is 10.1 Å². The number of hydrogen-bond acceptors (Lipinski definition) is 8. The van der Waals surface area contributed by atoms with E-state index in [1.165, 1.54) is 23.1 Å². The fraction of sp³-hybridized carbons (Fsp3) is 0.267. The van der Waals surface area contributed by atoms with E-state index in [4.69, 9.17) is 9.47 Å². The summed E-state index contributed by atoms with van der Waals surface area (Å²) in [5, 5.41) is 14.5. The number of amides is 1. The number of anilines is 1. The molecule has 0 spiro atoms. The van der Waals surface area contributed by atoms with E-state index in [0.717, 1.165) is 28.0 Å². The number of thiophene rings is 1. The van der Waals surface area contributed by atoms with Crippen LogP contribution in [0.5, 0.6) is 5.75 Å². The molecule has 1 atom stereocenters. The first-order chi connectivity index (χ1) is 19.3. The van der Waals surface area contributed by atoms with E-state index in [-0.39, 0.29) is 24.4 Å². The van der Waals surface area contributed by atoms with Gasteiger partial charge in [0.25, 0.3) is 0 Å². The Morgan fingerprint density at radius 1 is 1.15 bits per heavy atom. The minimum absolute atomic E-state index is 0.0718. The first-order valence-electron chi connectivity index (χ1n) is 12.9. The number of nitrogens with one attached hydrogen (secondary N) is 1. The zero-order chi connectivity index (χ0) is 28.6. The number of aryl methyl sites for hydroxylation is 2. The van der Waals surface area contributed by atoms with Crippen molar-refractivity contribution in [2.75, 3.05) is 17.7 Å². The summed E-state index contributed by atoms with van der Waals surface area (Å²) in [5.74, 6) is 0.722. The van der Waals surface area contributed by atoms with Gasteiger partial charge in [-0.25, -0.2) is 4.79 Å². The Hall–Kier alpha value is -3.89. The average Bonchev–Trinajstić information content (AvgIpc) is 3.52. The summed E-state index contributed by atoms with van der Waals surface area (Å²) in [4.78, 5) is 25.8. The number of carbonyl (C=O) groups excluding carboxylic acids is 2. The standard InChI is InChI=1S/C30H32N4O4S2/c1-6-13-34-27(21(5)38-23-15-19(3)14-20(4)16-23)32-33-30(34)40-18-25(35)31-28-26(29(36)37-7-2)24(17-39-28)22-11-9-8-10-12-22/h6,8-12,14-17,21H,1,7,13,18H2,2-5H3,(H,31,35). The maximum Gasteiger partial charge on any atom is 0.341 e. The molecule has 40 heavy (non-hydrogen) atoms. The van der Waals surface area contributed by atoms with Gasteiger partial charge in [0.2, 0.25) is 5.91 Å². The average molecular weight is 577 g/mol. The molecule has 4 rings (SSSR count). The molecule has 10 heteroatoms. The number of nitrogens with zero attached hydrogens (tertiary/aromatic N) is 3. The van der Waals surface area contributed by atoms with Gasteiger partial charge in [0.1, 0.15) is 16.3 Å². The van der Waals surface area contributed by atoms with Gasteiger partial charge in [0, 0.05) is 17.5 Å². The van der Waals surface area contributed by atoms with Gasteiger partial charge < -0.3 is 14.8 Å². The molecule has 2 aromatic carbocycles. The second kappa shape index (κ2) is 13.5. The summed E-state index contributed by atoms with van der Waals surface area (Å²) < 4.78 is 13.4. The summed E-state index contributed by atoms with van der Waals surface area (Å²) in [6.07, 6.45) is 1.38. The third-order valence-corrected chi connectivity index (χ3v) is 7.73. The van der Waals surface area contributed by atoms with Gasteiger partial charge in [-0.1, -0.05) is 54.2 Å². The molecule has 0 aliphatic rings. The van der Waals surface area contributed by atoms with Crippen LogP contribution in [0.15, 0.2) is 71.7 Å². The zero-order valence-corrected chi connectivity index (χ0v) is 24.6. The van der Waals surface area contributed by atoms with E-state index in [1.54, 1.807) is 13.0 Å². The van der Waals surface area contributed by atoms with Crippen LogP contribution in [0.4, 0.5) is 5.00 Å². The molecular formula is C30H32N4O4S2. The van der Waals surface area contributed by atoms with Crippen molar-refractivity contribution in [2.24, 2.45) is 0 Å². The summed E-state index contributed by atoms with van der Waals surface area (Å²) in [6, 6.07) is 15.6. The van der Waals surface area contributed by atoms with Gasteiger partial charge in [-0.3, -0.25) is 9.36 Å². The van der Waals surface area contributed by atoms with Crippen molar-refractivity contribution < 1.29 is 19.1 Å². The number of benzene rings is 2. The lowest BCUT2D eigenvalue weighted by atomic mass is 10.0. The number of carbonyl (C=O) groups is 2. The Balaban J connectivity index is 1.48. The molecule has 0 aliphatic heterocycles. The van der Waals surface area contributed by atoms with Crippen molar-refractivity contribution in [2.45, 2.75) is 45.5 Å². The highest BCUT2D eigenvalue weighted by Gasteiger charge is 2.24. The molecule has 1 amide bonds. The molecule has 0 saturated heterocycles. The summed E-state index contributed by atoms with van der Waals surface area (Å²) >= 11 is 2.55. The monoisotopic (exact) mass is 576 g/mol. The number of rotatable bonds is 12. The summed E-state index contributed by atoms with van der Waals surface area (Å²) in [7, 11) is 0. The van der Waals surface area contributed by atoms with Crippen molar-refractivity contribution in [1.29, 1.82) is 0 Å². The van der Waals surface area contributed by atoms with Gasteiger partial charge in [-0.15, -0.1) is 28.1 Å². The molecule has 8 nitrogen and oxygen atoms in total. The molecule has 208 valence electrons. The Kier molecular flexibility index (Phi) is 9.79.